The highest BCUT2D eigenvalue weighted by Gasteiger charge is 2.16. The van der Waals surface area contributed by atoms with Gasteiger partial charge in [-0.05, 0) is 31.9 Å². The molecule has 2 aromatic heterocycles. The SMILES string of the molecule is Cc1cnc2c(n1)c(C)c(C)c1c2nc(N)n1C. The molecule has 0 unspecified atom stereocenters. The van der Waals surface area contributed by atoms with E-state index >= 15 is 0 Å². The maximum Gasteiger partial charge on any atom is 0.201 e. The summed E-state index contributed by atoms with van der Waals surface area (Å²) in [6, 6.07) is 0. The number of rotatable bonds is 0. The second-order valence-corrected chi connectivity index (χ2v) is 4.68. The summed E-state index contributed by atoms with van der Waals surface area (Å²) in [5.74, 6) is 0.502. The van der Waals surface area contributed by atoms with Crippen LogP contribution in [0.2, 0.25) is 0 Å². The van der Waals surface area contributed by atoms with Crippen molar-refractivity contribution in [3.8, 4) is 0 Å². The Morgan fingerprint density at radius 2 is 1.72 bits per heavy atom. The summed E-state index contributed by atoms with van der Waals surface area (Å²) in [6.45, 7) is 6.08. The van der Waals surface area contributed by atoms with Gasteiger partial charge in [0.1, 0.15) is 11.0 Å². The van der Waals surface area contributed by atoms with Crippen LogP contribution in [0.4, 0.5) is 5.95 Å². The summed E-state index contributed by atoms with van der Waals surface area (Å²) in [4.78, 5) is 13.5. The molecule has 3 aromatic rings. The minimum absolute atomic E-state index is 0.502. The largest absolute Gasteiger partial charge is 0.369 e. The van der Waals surface area contributed by atoms with Crippen LogP contribution in [-0.4, -0.2) is 19.5 Å². The standard InChI is InChI=1S/C13H15N5/c1-6-5-15-10-9(16-6)7(2)8(3)12-11(10)17-13(14)18(12)4/h5H,1-4H3,(H2,14,17). The van der Waals surface area contributed by atoms with Crippen molar-refractivity contribution in [1.29, 1.82) is 0 Å². The molecule has 0 fully saturated rings. The molecule has 92 valence electrons. The fraction of sp³-hybridized carbons (Fsp3) is 0.308. The Morgan fingerprint density at radius 1 is 1.00 bits per heavy atom. The number of fused-ring (bicyclic) bond motifs is 3. The molecule has 2 heterocycles. The zero-order valence-electron chi connectivity index (χ0n) is 10.9. The van der Waals surface area contributed by atoms with Gasteiger partial charge in [-0.15, -0.1) is 0 Å². The lowest BCUT2D eigenvalue weighted by atomic mass is 10.1. The molecule has 0 aliphatic carbocycles. The molecule has 0 aliphatic heterocycles. The molecule has 0 aliphatic rings. The molecule has 0 radical (unpaired) electrons. The molecular weight excluding hydrogens is 226 g/mol. The molecule has 0 atom stereocenters. The highest BCUT2D eigenvalue weighted by atomic mass is 15.1. The number of anilines is 1. The van der Waals surface area contributed by atoms with E-state index in [9.17, 15) is 0 Å². The van der Waals surface area contributed by atoms with Crippen LogP contribution in [-0.2, 0) is 7.05 Å². The molecule has 3 rings (SSSR count). The number of nitrogens with zero attached hydrogens (tertiary/aromatic N) is 4. The third kappa shape index (κ3) is 1.24. The second kappa shape index (κ2) is 3.41. The number of aryl methyl sites for hydroxylation is 4. The molecule has 1 aromatic carbocycles. The van der Waals surface area contributed by atoms with Crippen molar-refractivity contribution < 1.29 is 0 Å². The highest BCUT2D eigenvalue weighted by molar-refractivity contribution is 6.04. The fourth-order valence-corrected chi connectivity index (χ4v) is 2.38. The average molecular weight is 241 g/mol. The van der Waals surface area contributed by atoms with Crippen molar-refractivity contribution in [2.24, 2.45) is 7.05 Å². The maximum atomic E-state index is 5.90. The first-order valence-corrected chi connectivity index (χ1v) is 5.85. The molecule has 18 heavy (non-hydrogen) atoms. The molecule has 0 saturated heterocycles. The zero-order chi connectivity index (χ0) is 13.0. The van der Waals surface area contributed by atoms with Gasteiger partial charge in [-0.1, -0.05) is 0 Å². The number of hydrogen-bond donors (Lipinski definition) is 1. The molecule has 5 heteroatoms. The van der Waals surface area contributed by atoms with E-state index < -0.39 is 0 Å². The van der Waals surface area contributed by atoms with Crippen LogP contribution in [0.3, 0.4) is 0 Å². The third-order valence-electron chi connectivity index (χ3n) is 3.52. The van der Waals surface area contributed by atoms with Crippen LogP contribution < -0.4 is 5.73 Å². The third-order valence-corrected chi connectivity index (χ3v) is 3.52. The van der Waals surface area contributed by atoms with Gasteiger partial charge >= 0.3 is 0 Å². The van der Waals surface area contributed by atoms with Crippen molar-refractivity contribution in [2.75, 3.05) is 5.73 Å². The lowest BCUT2D eigenvalue weighted by Crippen LogP contribution is -1.99. The minimum Gasteiger partial charge on any atom is -0.369 e. The van der Waals surface area contributed by atoms with Crippen LogP contribution in [0, 0.1) is 20.8 Å². The van der Waals surface area contributed by atoms with Gasteiger partial charge in [0.2, 0.25) is 5.95 Å². The lowest BCUT2D eigenvalue weighted by Gasteiger charge is -2.08. The van der Waals surface area contributed by atoms with E-state index in [2.05, 4.69) is 28.8 Å². The zero-order valence-corrected chi connectivity index (χ0v) is 10.9. The predicted molar refractivity (Wildman–Crippen MR) is 72.4 cm³/mol. The van der Waals surface area contributed by atoms with E-state index in [1.54, 1.807) is 6.20 Å². The van der Waals surface area contributed by atoms with Gasteiger partial charge in [0.25, 0.3) is 0 Å². The Morgan fingerprint density at radius 3 is 2.44 bits per heavy atom. The quantitative estimate of drug-likeness (QED) is 0.653. The Hall–Kier alpha value is -2.17. The van der Waals surface area contributed by atoms with Gasteiger partial charge < -0.3 is 10.3 Å². The summed E-state index contributed by atoms with van der Waals surface area (Å²) < 4.78 is 1.90. The Bertz CT molecular complexity index is 785. The summed E-state index contributed by atoms with van der Waals surface area (Å²) >= 11 is 0. The van der Waals surface area contributed by atoms with Crippen LogP contribution in [0.15, 0.2) is 6.20 Å². The second-order valence-electron chi connectivity index (χ2n) is 4.68. The highest BCUT2D eigenvalue weighted by Crippen LogP contribution is 2.30. The van der Waals surface area contributed by atoms with Crippen molar-refractivity contribution >= 4 is 28.0 Å². The van der Waals surface area contributed by atoms with Crippen molar-refractivity contribution in [3.05, 3.63) is 23.0 Å². The summed E-state index contributed by atoms with van der Waals surface area (Å²) in [7, 11) is 1.92. The van der Waals surface area contributed by atoms with E-state index in [0.29, 0.717) is 5.95 Å². The first kappa shape index (κ1) is 11.0. The van der Waals surface area contributed by atoms with Gasteiger partial charge in [-0.3, -0.25) is 4.98 Å². The van der Waals surface area contributed by atoms with Gasteiger partial charge in [0.05, 0.1) is 16.7 Å². The summed E-state index contributed by atoms with van der Waals surface area (Å²) in [5.41, 5.74) is 12.7. The van der Waals surface area contributed by atoms with Gasteiger partial charge in [-0.25, -0.2) is 9.97 Å². The van der Waals surface area contributed by atoms with Gasteiger partial charge in [0, 0.05) is 13.2 Å². The Balaban J connectivity index is 2.66. The average Bonchev–Trinajstić information content (AvgIpc) is 2.63. The number of hydrogen-bond acceptors (Lipinski definition) is 4. The van der Waals surface area contributed by atoms with E-state index in [-0.39, 0.29) is 0 Å². The number of benzene rings is 1. The number of aromatic nitrogens is 4. The van der Waals surface area contributed by atoms with E-state index in [1.165, 1.54) is 0 Å². The molecule has 5 nitrogen and oxygen atoms in total. The smallest absolute Gasteiger partial charge is 0.201 e. The topological polar surface area (TPSA) is 69.6 Å². The molecule has 0 bridgehead atoms. The summed E-state index contributed by atoms with van der Waals surface area (Å²) in [6.07, 6.45) is 1.77. The van der Waals surface area contributed by atoms with E-state index in [0.717, 1.165) is 38.9 Å². The molecule has 0 saturated carbocycles. The minimum atomic E-state index is 0.502. The number of imidazole rings is 1. The maximum absolute atomic E-state index is 5.90. The predicted octanol–water partition coefficient (Wildman–Crippen LogP) is 2.02. The molecular formula is C13H15N5. The van der Waals surface area contributed by atoms with Crippen LogP contribution in [0.5, 0.6) is 0 Å². The van der Waals surface area contributed by atoms with Crippen LogP contribution >= 0.6 is 0 Å². The Labute approximate surface area is 105 Å². The first-order chi connectivity index (χ1) is 8.50. The van der Waals surface area contributed by atoms with Gasteiger partial charge in [-0.2, -0.15) is 0 Å². The number of nitrogen functional groups attached to an aromatic ring is 1. The van der Waals surface area contributed by atoms with E-state index in [4.69, 9.17) is 5.73 Å². The molecule has 2 N–H and O–H groups in total. The molecule has 0 spiro atoms. The number of nitrogens with two attached hydrogens (primary N) is 1. The normalized spacial score (nSPS) is 11.6. The monoisotopic (exact) mass is 241 g/mol. The van der Waals surface area contributed by atoms with Crippen LogP contribution in [0.25, 0.3) is 22.1 Å². The Kier molecular flexibility index (Phi) is 2.08. The fourth-order valence-electron chi connectivity index (χ4n) is 2.38. The molecule has 0 amide bonds. The van der Waals surface area contributed by atoms with Crippen molar-refractivity contribution in [2.45, 2.75) is 20.8 Å². The van der Waals surface area contributed by atoms with E-state index in [1.807, 2.05) is 18.5 Å². The van der Waals surface area contributed by atoms with Crippen LogP contribution in [0.1, 0.15) is 16.8 Å². The first-order valence-electron chi connectivity index (χ1n) is 5.85. The van der Waals surface area contributed by atoms with Gasteiger partial charge in [0.15, 0.2) is 0 Å². The van der Waals surface area contributed by atoms with Crippen molar-refractivity contribution in [1.82, 2.24) is 19.5 Å². The van der Waals surface area contributed by atoms with Crippen molar-refractivity contribution in [3.63, 3.8) is 0 Å². The lowest BCUT2D eigenvalue weighted by molar-refractivity contribution is 0.960. The summed E-state index contributed by atoms with van der Waals surface area (Å²) in [5, 5.41) is 0.